The van der Waals surface area contributed by atoms with Gasteiger partial charge in [-0.2, -0.15) is 0 Å². The Labute approximate surface area is 119 Å². The van der Waals surface area contributed by atoms with Gasteiger partial charge in [-0.15, -0.1) is 0 Å². The molecule has 0 saturated carbocycles. The number of hydrogen-bond acceptors (Lipinski definition) is 2. The summed E-state index contributed by atoms with van der Waals surface area (Å²) in [4.78, 5) is 6.52. The first-order valence-corrected chi connectivity index (χ1v) is 6.88. The number of ether oxygens (including phenoxy) is 1. The van der Waals surface area contributed by atoms with E-state index in [4.69, 9.17) is 10.5 Å². The summed E-state index contributed by atoms with van der Waals surface area (Å²) < 4.78 is 18.3. The number of guanidine groups is 1. The van der Waals surface area contributed by atoms with Crippen LogP contribution in [0.3, 0.4) is 0 Å². The topological polar surface area (TPSA) is 50.8 Å². The minimum absolute atomic E-state index is 0.176. The molecule has 2 N–H and O–H groups in total. The van der Waals surface area contributed by atoms with Gasteiger partial charge in [0.1, 0.15) is 5.82 Å². The molecule has 5 heteroatoms. The zero-order chi connectivity index (χ0) is 14.6. The highest BCUT2D eigenvalue weighted by atomic mass is 19.1. The first kappa shape index (κ1) is 14.8. The Morgan fingerprint density at radius 2 is 1.90 bits per heavy atom. The number of nitrogens with two attached hydrogens (primary N) is 1. The fraction of sp³-hybridized carbons (Fsp3) is 0.533. The molecule has 0 aliphatic carbocycles. The van der Waals surface area contributed by atoms with Crippen LogP contribution in [-0.4, -0.2) is 43.7 Å². The number of rotatable bonds is 3. The summed E-state index contributed by atoms with van der Waals surface area (Å²) in [6.07, 6.45) is 0. The van der Waals surface area contributed by atoms with Crippen molar-refractivity contribution >= 4 is 5.96 Å². The van der Waals surface area contributed by atoms with Gasteiger partial charge >= 0.3 is 0 Å². The van der Waals surface area contributed by atoms with E-state index < -0.39 is 0 Å². The van der Waals surface area contributed by atoms with E-state index in [1.807, 2.05) is 4.90 Å². The lowest BCUT2D eigenvalue weighted by atomic mass is 9.85. The minimum atomic E-state index is -0.221. The second-order valence-electron chi connectivity index (χ2n) is 5.66. The summed E-state index contributed by atoms with van der Waals surface area (Å²) in [6, 6.07) is 6.56. The Morgan fingerprint density at radius 3 is 2.50 bits per heavy atom. The maximum atomic E-state index is 13.0. The second kappa shape index (κ2) is 6.22. The van der Waals surface area contributed by atoms with Crippen LogP contribution < -0.4 is 5.73 Å². The van der Waals surface area contributed by atoms with Gasteiger partial charge in [-0.25, -0.2) is 4.39 Å². The van der Waals surface area contributed by atoms with Gasteiger partial charge in [0.2, 0.25) is 0 Å². The van der Waals surface area contributed by atoms with Gasteiger partial charge in [-0.05, 0) is 17.7 Å². The van der Waals surface area contributed by atoms with Gasteiger partial charge in [0.15, 0.2) is 5.96 Å². The number of morpholine rings is 1. The Kier molecular flexibility index (Phi) is 4.60. The molecular formula is C15H22FN3O. The van der Waals surface area contributed by atoms with Crippen molar-refractivity contribution in [1.82, 2.24) is 4.90 Å². The Hall–Kier alpha value is -1.62. The van der Waals surface area contributed by atoms with E-state index >= 15 is 0 Å². The predicted molar refractivity (Wildman–Crippen MR) is 78.3 cm³/mol. The molecule has 110 valence electrons. The molecule has 1 aliphatic heterocycles. The lowest BCUT2D eigenvalue weighted by molar-refractivity contribution is 0.0674. The van der Waals surface area contributed by atoms with Crippen LogP contribution in [0.1, 0.15) is 19.4 Å². The van der Waals surface area contributed by atoms with Crippen molar-refractivity contribution in [3.05, 3.63) is 35.6 Å². The average molecular weight is 279 g/mol. The SMILES string of the molecule is CC(C)(CN=C(N)N1CCOCC1)c1ccc(F)cc1. The van der Waals surface area contributed by atoms with Crippen molar-refractivity contribution in [1.29, 1.82) is 0 Å². The predicted octanol–water partition coefficient (Wildman–Crippen LogP) is 1.75. The van der Waals surface area contributed by atoms with Crippen molar-refractivity contribution in [2.24, 2.45) is 10.7 Å². The van der Waals surface area contributed by atoms with Gasteiger partial charge in [0.05, 0.1) is 19.8 Å². The average Bonchev–Trinajstić information content (AvgIpc) is 2.46. The van der Waals surface area contributed by atoms with Crippen molar-refractivity contribution < 1.29 is 9.13 Å². The van der Waals surface area contributed by atoms with Gasteiger partial charge in [-0.1, -0.05) is 26.0 Å². The molecule has 1 aromatic carbocycles. The minimum Gasteiger partial charge on any atom is -0.378 e. The highest BCUT2D eigenvalue weighted by Gasteiger charge is 2.21. The molecule has 1 saturated heterocycles. The van der Waals surface area contributed by atoms with E-state index in [9.17, 15) is 4.39 Å². The maximum Gasteiger partial charge on any atom is 0.191 e. The molecule has 0 aromatic heterocycles. The lowest BCUT2D eigenvalue weighted by Gasteiger charge is -2.29. The van der Waals surface area contributed by atoms with Crippen molar-refractivity contribution in [3.8, 4) is 0 Å². The quantitative estimate of drug-likeness (QED) is 0.677. The molecule has 0 spiro atoms. The molecule has 0 radical (unpaired) electrons. The normalized spacial score (nSPS) is 17.4. The zero-order valence-electron chi connectivity index (χ0n) is 12.1. The van der Waals surface area contributed by atoms with Crippen LogP contribution in [-0.2, 0) is 10.2 Å². The maximum absolute atomic E-state index is 13.0. The third-order valence-electron chi connectivity index (χ3n) is 3.60. The third kappa shape index (κ3) is 3.70. The third-order valence-corrected chi connectivity index (χ3v) is 3.60. The van der Waals surface area contributed by atoms with Crippen LogP contribution in [0.5, 0.6) is 0 Å². The summed E-state index contributed by atoms with van der Waals surface area (Å²) in [5, 5.41) is 0. The lowest BCUT2D eigenvalue weighted by Crippen LogP contribution is -2.45. The molecule has 1 aromatic rings. The molecule has 1 heterocycles. The number of hydrogen-bond donors (Lipinski definition) is 1. The summed E-state index contributed by atoms with van der Waals surface area (Å²) in [6.45, 7) is 7.68. The number of aliphatic imine (C=N–C) groups is 1. The summed E-state index contributed by atoms with van der Waals surface area (Å²) >= 11 is 0. The van der Waals surface area contributed by atoms with E-state index in [1.165, 1.54) is 12.1 Å². The number of benzene rings is 1. The van der Waals surface area contributed by atoms with Crippen molar-refractivity contribution in [2.75, 3.05) is 32.8 Å². The molecule has 1 aliphatic rings. The molecule has 20 heavy (non-hydrogen) atoms. The largest absolute Gasteiger partial charge is 0.378 e. The summed E-state index contributed by atoms with van der Waals surface area (Å²) in [7, 11) is 0. The molecule has 2 rings (SSSR count). The fourth-order valence-electron chi connectivity index (χ4n) is 2.16. The van der Waals surface area contributed by atoms with E-state index in [0.29, 0.717) is 25.7 Å². The zero-order valence-corrected chi connectivity index (χ0v) is 12.1. The summed E-state index contributed by atoms with van der Waals surface area (Å²) in [5.74, 6) is 0.337. The van der Waals surface area contributed by atoms with E-state index in [1.54, 1.807) is 12.1 Å². The van der Waals surface area contributed by atoms with E-state index in [0.717, 1.165) is 18.7 Å². The Balaban J connectivity index is 2.01. The van der Waals surface area contributed by atoms with Crippen LogP contribution in [0.2, 0.25) is 0 Å². The number of halogens is 1. The fourth-order valence-corrected chi connectivity index (χ4v) is 2.16. The molecule has 0 bridgehead atoms. The highest BCUT2D eigenvalue weighted by molar-refractivity contribution is 5.78. The van der Waals surface area contributed by atoms with Crippen LogP contribution in [0.25, 0.3) is 0 Å². The van der Waals surface area contributed by atoms with Gasteiger partial charge in [-0.3, -0.25) is 4.99 Å². The van der Waals surface area contributed by atoms with Crippen molar-refractivity contribution in [3.63, 3.8) is 0 Å². The number of nitrogens with zero attached hydrogens (tertiary/aromatic N) is 2. The Morgan fingerprint density at radius 1 is 1.30 bits per heavy atom. The van der Waals surface area contributed by atoms with E-state index in [-0.39, 0.29) is 11.2 Å². The van der Waals surface area contributed by atoms with Crippen LogP contribution in [0.15, 0.2) is 29.3 Å². The van der Waals surface area contributed by atoms with Crippen LogP contribution in [0, 0.1) is 5.82 Å². The molecule has 0 amide bonds. The van der Waals surface area contributed by atoms with Gasteiger partial charge in [0, 0.05) is 18.5 Å². The first-order valence-electron chi connectivity index (χ1n) is 6.88. The first-order chi connectivity index (χ1) is 9.49. The van der Waals surface area contributed by atoms with E-state index in [2.05, 4.69) is 18.8 Å². The molecule has 1 fully saturated rings. The smallest absolute Gasteiger partial charge is 0.191 e. The Bertz CT molecular complexity index is 465. The monoisotopic (exact) mass is 279 g/mol. The molecular weight excluding hydrogens is 257 g/mol. The molecule has 0 atom stereocenters. The van der Waals surface area contributed by atoms with Crippen LogP contribution >= 0.6 is 0 Å². The van der Waals surface area contributed by atoms with Gasteiger partial charge < -0.3 is 15.4 Å². The second-order valence-corrected chi connectivity index (χ2v) is 5.66. The molecule has 0 unspecified atom stereocenters. The highest BCUT2D eigenvalue weighted by Crippen LogP contribution is 2.23. The molecule has 4 nitrogen and oxygen atoms in total. The van der Waals surface area contributed by atoms with Gasteiger partial charge in [0.25, 0.3) is 0 Å². The summed E-state index contributed by atoms with van der Waals surface area (Å²) in [5.41, 5.74) is 6.90. The standard InChI is InChI=1S/C15H22FN3O/c1-15(2,12-3-5-13(16)6-4-12)11-18-14(17)19-7-9-20-10-8-19/h3-6H,7-11H2,1-2H3,(H2,17,18). The van der Waals surface area contributed by atoms with Crippen molar-refractivity contribution in [2.45, 2.75) is 19.3 Å². The van der Waals surface area contributed by atoms with Crippen LogP contribution in [0.4, 0.5) is 4.39 Å².